The van der Waals surface area contributed by atoms with Gasteiger partial charge in [-0.1, -0.05) is 30.7 Å². The molecule has 7 nitrogen and oxygen atoms in total. The number of carbonyl (C=O) groups excluding carboxylic acids is 1. The molecular weight excluding hydrogens is 390 g/mol. The van der Waals surface area contributed by atoms with Crippen molar-refractivity contribution >= 4 is 17.5 Å². The Morgan fingerprint density at radius 3 is 2.58 bits per heavy atom. The quantitative estimate of drug-likeness (QED) is 0.562. The molecule has 3 aromatic rings. The molecule has 1 amide bonds. The van der Waals surface area contributed by atoms with Crippen molar-refractivity contribution in [2.24, 2.45) is 0 Å². The zero-order valence-electron chi connectivity index (χ0n) is 17.4. The minimum Gasteiger partial charge on any atom is -0.507 e. The molecule has 0 atom stereocenters. The van der Waals surface area contributed by atoms with Crippen molar-refractivity contribution in [3.05, 3.63) is 54.6 Å². The van der Waals surface area contributed by atoms with Gasteiger partial charge in [0.1, 0.15) is 5.75 Å². The fraction of sp³-hybridized carbons (Fsp3) is 0.292. The standard InChI is InChI=1S/C24H27N5O2/c25-24-27-20(16-21(28-24)19-9-2-3-10-22(19)30)17-7-6-8-18(15-17)26-23(31)11-14-29-12-4-1-5-13-29/h2-3,6-10,15-16,30H,1,4-5,11-14H2,(H,26,31)(H2,25,27,28). The molecule has 4 rings (SSSR count). The maximum atomic E-state index is 12.4. The van der Waals surface area contributed by atoms with E-state index in [4.69, 9.17) is 5.73 Å². The van der Waals surface area contributed by atoms with Crippen LogP contribution in [0, 0.1) is 0 Å². The number of hydrogen-bond donors (Lipinski definition) is 3. The number of rotatable bonds is 6. The van der Waals surface area contributed by atoms with Crippen molar-refractivity contribution in [2.45, 2.75) is 25.7 Å². The first kappa shape index (κ1) is 20.8. The number of aromatic nitrogens is 2. The molecule has 1 aliphatic rings. The number of phenols is 1. The Labute approximate surface area is 182 Å². The first-order valence-corrected chi connectivity index (χ1v) is 10.6. The predicted octanol–water partition coefficient (Wildman–Crippen LogP) is 3.91. The Morgan fingerprint density at radius 1 is 1.00 bits per heavy atom. The third-order valence-corrected chi connectivity index (χ3v) is 5.47. The van der Waals surface area contributed by atoms with Crippen LogP contribution in [-0.4, -0.2) is 45.5 Å². The predicted molar refractivity (Wildman–Crippen MR) is 123 cm³/mol. The minimum absolute atomic E-state index is 0.000165. The van der Waals surface area contributed by atoms with E-state index in [1.54, 1.807) is 24.3 Å². The van der Waals surface area contributed by atoms with Crippen molar-refractivity contribution in [1.82, 2.24) is 14.9 Å². The van der Waals surface area contributed by atoms with Crippen LogP contribution in [0.25, 0.3) is 22.5 Å². The van der Waals surface area contributed by atoms with Crippen LogP contribution in [0.2, 0.25) is 0 Å². The molecule has 0 aliphatic carbocycles. The van der Waals surface area contributed by atoms with E-state index in [2.05, 4.69) is 20.2 Å². The monoisotopic (exact) mass is 417 g/mol. The molecule has 7 heteroatoms. The summed E-state index contributed by atoms with van der Waals surface area (Å²) in [6, 6.07) is 16.2. The summed E-state index contributed by atoms with van der Waals surface area (Å²) in [5.74, 6) is 0.243. The van der Waals surface area contributed by atoms with E-state index in [0.717, 1.165) is 25.2 Å². The Kier molecular flexibility index (Phi) is 6.43. The van der Waals surface area contributed by atoms with Crippen LogP contribution in [0.3, 0.4) is 0 Å². The number of nitrogens with zero attached hydrogens (tertiary/aromatic N) is 3. The summed E-state index contributed by atoms with van der Waals surface area (Å²) in [6.07, 6.45) is 4.19. The van der Waals surface area contributed by atoms with Gasteiger partial charge in [-0.3, -0.25) is 4.79 Å². The van der Waals surface area contributed by atoms with E-state index < -0.39 is 0 Å². The number of piperidine rings is 1. The van der Waals surface area contributed by atoms with Gasteiger partial charge in [-0.15, -0.1) is 0 Å². The molecule has 0 radical (unpaired) electrons. The van der Waals surface area contributed by atoms with Gasteiger partial charge in [0, 0.05) is 29.8 Å². The minimum atomic E-state index is -0.000165. The fourth-order valence-corrected chi connectivity index (χ4v) is 3.86. The number of para-hydroxylation sites is 1. The van der Waals surface area contributed by atoms with Crippen molar-refractivity contribution in [2.75, 3.05) is 30.7 Å². The Balaban J connectivity index is 1.49. The molecule has 1 saturated heterocycles. The second kappa shape index (κ2) is 9.57. The summed E-state index contributed by atoms with van der Waals surface area (Å²) in [7, 11) is 0. The van der Waals surface area contributed by atoms with Gasteiger partial charge in [-0.25, -0.2) is 9.97 Å². The van der Waals surface area contributed by atoms with Crippen LogP contribution in [0.15, 0.2) is 54.6 Å². The van der Waals surface area contributed by atoms with Crippen LogP contribution in [-0.2, 0) is 4.79 Å². The number of benzene rings is 2. The molecule has 1 fully saturated rings. The van der Waals surface area contributed by atoms with Crippen molar-refractivity contribution < 1.29 is 9.90 Å². The lowest BCUT2D eigenvalue weighted by Crippen LogP contribution is -2.32. The van der Waals surface area contributed by atoms with E-state index in [1.165, 1.54) is 19.3 Å². The lowest BCUT2D eigenvalue weighted by molar-refractivity contribution is -0.116. The number of anilines is 2. The lowest BCUT2D eigenvalue weighted by Gasteiger charge is -2.25. The SMILES string of the molecule is Nc1nc(-c2cccc(NC(=O)CCN3CCCCC3)c2)cc(-c2ccccc2O)n1. The van der Waals surface area contributed by atoms with Crippen molar-refractivity contribution in [1.29, 1.82) is 0 Å². The third-order valence-electron chi connectivity index (χ3n) is 5.47. The molecule has 0 saturated carbocycles. The number of carbonyl (C=O) groups is 1. The highest BCUT2D eigenvalue weighted by molar-refractivity contribution is 5.91. The molecule has 1 aliphatic heterocycles. The van der Waals surface area contributed by atoms with Gasteiger partial charge in [0.25, 0.3) is 0 Å². The van der Waals surface area contributed by atoms with E-state index >= 15 is 0 Å². The van der Waals surface area contributed by atoms with Gasteiger partial charge in [0.15, 0.2) is 0 Å². The molecule has 2 aromatic carbocycles. The highest BCUT2D eigenvalue weighted by Gasteiger charge is 2.13. The molecule has 4 N–H and O–H groups in total. The van der Waals surface area contributed by atoms with Crippen molar-refractivity contribution in [3.63, 3.8) is 0 Å². The largest absolute Gasteiger partial charge is 0.507 e. The fourth-order valence-electron chi connectivity index (χ4n) is 3.86. The Morgan fingerprint density at radius 2 is 1.77 bits per heavy atom. The highest BCUT2D eigenvalue weighted by Crippen LogP contribution is 2.31. The van der Waals surface area contributed by atoms with Crippen LogP contribution in [0.1, 0.15) is 25.7 Å². The maximum Gasteiger partial charge on any atom is 0.225 e. The second-order valence-electron chi connectivity index (χ2n) is 7.80. The number of likely N-dealkylation sites (tertiary alicyclic amines) is 1. The molecule has 0 unspecified atom stereocenters. The zero-order valence-corrected chi connectivity index (χ0v) is 17.4. The molecule has 1 aromatic heterocycles. The number of hydrogen-bond acceptors (Lipinski definition) is 6. The maximum absolute atomic E-state index is 12.4. The summed E-state index contributed by atoms with van der Waals surface area (Å²) in [6.45, 7) is 2.95. The third kappa shape index (κ3) is 5.38. The number of nitrogens with two attached hydrogens (primary N) is 1. The molecule has 160 valence electrons. The smallest absolute Gasteiger partial charge is 0.225 e. The van der Waals surface area contributed by atoms with E-state index in [9.17, 15) is 9.90 Å². The molecule has 0 spiro atoms. The summed E-state index contributed by atoms with van der Waals surface area (Å²) in [4.78, 5) is 23.4. The van der Waals surface area contributed by atoms with E-state index in [1.807, 2.05) is 30.3 Å². The average Bonchev–Trinajstić information content (AvgIpc) is 2.78. The zero-order chi connectivity index (χ0) is 21.6. The lowest BCUT2D eigenvalue weighted by atomic mass is 10.1. The van der Waals surface area contributed by atoms with Gasteiger partial charge in [-0.2, -0.15) is 0 Å². The average molecular weight is 418 g/mol. The number of amides is 1. The summed E-state index contributed by atoms with van der Waals surface area (Å²) in [5, 5.41) is 13.1. The Bertz CT molecular complexity index is 1060. The van der Waals surface area contributed by atoms with Gasteiger partial charge in [0.05, 0.1) is 11.4 Å². The molecule has 0 bridgehead atoms. The number of aromatic hydroxyl groups is 1. The van der Waals surface area contributed by atoms with Crippen LogP contribution >= 0.6 is 0 Å². The van der Waals surface area contributed by atoms with Crippen LogP contribution in [0.4, 0.5) is 11.6 Å². The van der Waals surface area contributed by atoms with Gasteiger partial charge in [0.2, 0.25) is 11.9 Å². The van der Waals surface area contributed by atoms with Gasteiger partial charge >= 0.3 is 0 Å². The molecular formula is C24H27N5O2. The summed E-state index contributed by atoms with van der Waals surface area (Å²) >= 11 is 0. The summed E-state index contributed by atoms with van der Waals surface area (Å²) in [5.41, 5.74) is 9.19. The number of phenolic OH excluding ortho intramolecular Hbond substituents is 1. The first-order chi connectivity index (χ1) is 15.1. The number of nitrogen functional groups attached to an aromatic ring is 1. The first-order valence-electron chi connectivity index (χ1n) is 10.6. The van der Waals surface area contributed by atoms with Gasteiger partial charge < -0.3 is 21.1 Å². The molecule has 2 heterocycles. The normalized spacial score (nSPS) is 14.3. The second-order valence-corrected chi connectivity index (χ2v) is 7.80. The van der Waals surface area contributed by atoms with Crippen LogP contribution in [0.5, 0.6) is 5.75 Å². The van der Waals surface area contributed by atoms with E-state index in [0.29, 0.717) is 29.1 Å². The Hall–Kier alpha value is -3.45. The van der Waals surface area contributed by atoms with E-state index in [-0.39, 0.29) is 17.6 Å². The van der Waals surface area contributed by atoms with Crippen LogP contribution < -0.4 is 11.1 Å². The highest BCUT2D eigenvalue weighted by atomic mass is 16.3. The topological polar surface area (TPSA) is 104 Å². The molecule has 31 heavy (non-hydrogen) atoms. The number of nitrogens with one attached hydrogen (secondary N) is 1. The van der Waals surface area contributed by atoms with Crippen molar-refractivity contribution in [3.8, 4) is 28.3 Å². The summed E-state index contributed by atoms with van der Waals surface area (Å²) < 4.78 is 0. The van der Waals surface area contributed by atoms with Gasteiger partial charge in [-0.05, 0) is 56.3 Å².